The summed E-state index contributed by atoms with van der Waals surface area (Å²) in [5, 5.41) is 7.31. The van der Waals surface area contributed by atoms with Crippen LogP contribution in [0.15, 0.2) is 510 Å². The maximum atomic E-state index is 5.42. The van der Waals surface area contributed by atoms with E-state index in [9.17, 15) is 0 Å². The van der Waals surface area contributed by atoms with Crippen molar-refractivity contribution < 1.29 is 9.47 Å². The number of nitrogens with zero attached hydrogens (tertiary/aromatic N) is 6. The van der Waals surface area contributed by atoms with Crippen LogP contribution in [0.1, 0.15) is 5.56 Å². The smallest absolute Gasteiger partial charge is 0.120 e. The summed E-state index contributed by atoms with van der Waals surface area (Å²) in [5.74, 6) is 1.70. The Balaban J connectivity index is 0.000000129. The van der Waals surface area contributed by atoms with Gasteiger partial charge in [0.1, 0.15) is 11.5 Å². The molecule has 21 aromatic carbocycles. The molecule has 21 rings (SSSR count). The molecule has 0 aromatic heterocycles. The monoisotopic (exact) mass is 1730 g/mol. The molecule has 0 heterocycles. The Labute approximate surface area is 786 Å². The summed E-state index contributed by atoms with van der Waals surface area (Å²) in [6.07, 6.45) is 0. The summed E-state index contributed by atoms with van der Waals surface area (Å²) in [6, 6.07) is 181. The van der Waals surface area contributed by atoms with Gasteiger partial charge in [0.05, 0.1) is 31.3 Å². The highest BCUT2D eigenvalue weighted by atomic mass is 16.5. The topological polar surface area (TPSA) is 37.9 Å². The van der Waals surface area contributed by atoms with Crippen LogP contribution in [-0.4, -0.2) is 35.4 Å². The summed E-state index contributed by atoms with van der Waals surface area (Å²) in [7, 11) is 9.66. The average Bonchev–Trinajstić information content (AvgIpc) is 0.722. The van der Waals surface area contributed by atoms with Gasteiger partial charge in [-0.2, -0.15) is 0 Å². The van der Waals surface area contributed by atoms with E-state index >= 15 is 0 Å². The number of hydrogen-bond donors (Lipinski definition) is 0. The number of fused-ring (bicyclic) bond motifs is 3. The molecule has 0 radical (unpaired) electrons. The largest absolute Gasteiger partial charge is 0.497 e. The molecule has 0 bridgehead atoms. The lowest BCUT2D eigenvalue weighted by Gasteiger charge is -2.27. The summed E-state index contributed by atoms with van der Waals surface area (Å²) >= 11 is 0. The van der Waals surface area contributed by atoms with Gasteiger partial charge >= 0.3 is 0 Å². The first-order chi connectivity index (χ1) is 66.0. The highest BCUT2D eigenvalue weighted by Crippen LogP contribution is 2.47. The normalized spacial score (nSPS) is 10.9. The van der Waals surface area contributed by atoms with Gasteiger partial charge in [-0.3, -0.25) is 0 Å². The van der Waals surface area contributed by atoms with Gasteiger partial charge < -0.3 is 38.9 Å². The lowest BCUT2D eigenvalue weighted by molar-refractivity contribution is 0.415. The van der Waals surface area contributed by atoms with Crippen molar-refractivity contribution in [3.05, 3.63) is 515 Å². The molecule has 0 saturated carbocycles. The van der Waals surface area contributed by atoms with Crippen LogP contribution in [0.3, 0.4) is 0 Å². The van der Waals surface area contributed by atoms with Crippen molar-refractivity contribution >= 4 is 118 Å². The van der Waals surface area contributed by atoms with Crippen LogP contribution in [0, 0.1) is 6.92 Å². The first kappa shape index (κ1) is 86.2. The molecule has 8 heteroatoms. The Morgan fingerprint density at radius 2 is 0.388 bits per heavy atom. The van der Waals surface area contributed by atoms with Crippen LogP contribution in [0.4, 0.5) is 85.3 Å². The standard InChI is InChI=1S/2C42H34N2O.C42H34N2/c1-43(38-16-10-18-40(30-38)45-2)36-25-21-32(22-26-36)33-23-27-37(28-24-33)44(42-20-9-14-34-13-6-7-19-41(34)42)39-17-8-15-35(29-39)31-11-4-3-5-12-31;1-43(37-26-28-40(45-2)29-27-37)36-22-18-32(19-23-36)33-20-24-38(25-21-33)44(42-17-9-13-34-12-6-7-16-41(34)42)39-15-8-14-35(30-39)31-10-4-3-5-11-31;1-31-11-8-17-39(29-31)43(2)37-25-21-33(22-26-37)34-23-27-38(28-24-34)44(42-20-10-15-35-14-6-7-19-41(35)42)40-18-9-16-36(30-40)32-12-4-3-5-13-32/h2*3-30H,1-2H3;3-30H,1-2H3. The highest BCUT2D eigenvalue weighted by molar-refractivity contribution is 6.03. The van der Waals surface area contributed by atoms with Crippen molar-refractivity contribution in [1.29, 1.82) is 0 Å². The third-order valence-electron chi connectivity index (χ3n) is 25.1. The maximum Gasteiger partial charge on any atom is 0.120 e. The Hall–Kier alpha value is -17.2. The second kappa shape index (κ2) is 40.2. The number of methoxy groups -OCH3 is 2. The fourth-order valence-corrected chi connectivity index (χ4v) is 17.8. The van der Waals surface area contributed by atoms with Gasteiger partial charge in [0, 0.05) is 112 Å². The molecule has 134 heavy (non-hydrogen) atoms. The predicted molar refractivity (Wildman–Crippen MR) is 570 cm³/mol. The van der Waals surface area contributed by atoms with Crippen molar-refractivity contribution in [3.8, 4) is 78.3 Å². The van der Waals surface area contributed by atoms with E-state index in [-0.39, 0.29) is 0 Å². The van der Waals surface area contributed by atoms with Crippen molar-refractivity contribution in [2.45, 2.75) is 6.92 Å². The van der Waals surface area contributed by atoms with Gasteiger partial charge in [0.2, 0.25) is 0 Å². The molecule has 0 atom stereocenters. The van der Waals surface area contributed by atoms with Gasteiger partial charge in [-0.25, -0.2) is 0 Å². The van der Waals surface area contributed by atoms with Crippen LogP contribution < -0.4 is 38.9 Å². The fraction of sp³-hybridized carbons (Fsp3) is 0.0476. The third-order valence-corrected chi connectivity index (χ3v) is 25.1. The lowest BCUT2D eigenvalue weighted by atomic mass is 10.0. The van der Waals surface area contributed by atoms with Crippen LogP contribution in [0.5, 0.6) is 11.5 Å². The molecule has 0 aliphatic heterocycles. The summed E-state index contributed by atoms with van der Waals surface area (Å²) in [4.78, 5) is 13.7. The van der Waals surface area contributed by atoms with Crippen molar-refractivity contribution in [2.75, 3.05) is 64.8 Å². The zero-order valence-electron chi connectivity index (χ0n) is 76.0. The van der Waals surface area contributed by atoms with Crippen LogP contribution in [0.2, 0.25) is 0 Å². The van der Waals surface area contributed by atoms with E-state index in [1.165, 1.54) is 110 Å². The van der Waals surface area contributed by atoms with Crippen LogP contribution in [0.25, 0.3) is 99.1 Å². The maximum absolute atomic E-state index is 5.42. The fourth-order valence-electron chi connectivity index (χ4n) is 17.8. The number of aryl methyl sites for hydroxylation is 1. The second-order valence-corrected chi connectivity index (χ2v) is 33.4. The zero-order chi connectivity index (χ0) is 91.1. The number of rotatable bonds is 23. The van der Waals surface area contributed by atoms with Gasteiger partial charge in [-0.1, -0.05) is 328 Å². The molecule has 0 aliphatic rings. The van der Waals surface area contributed by atoms with Gasteiger partial charge in [0.15, 0.2) is 0 Å². The Morgan fingerprint density at radius 3 is 0.701 bits per heavy atom. The SMILES string of the molecule is COc1ccc(N(C)c2ccc(-c3ccc(N(c4cccc(-c5ccccc5)c4)c4cccc5ccccc45)cc3)cc2)cc1.COc1cccc(N(C)c2ccc(-c3ccc(N(c4cccc(-c5ccccc5)c4)c4cccc5ccccc45)cc3)cc2)c1.Cc1cccc(N(C)c2ccc(-c3ccc(N(c4cccc(-c5ccccc5)c4)c4cccc5ccccc45)cc3)cc2)c1. The molecule has 0 aliphatic carbocycles. The summed E-state index contributed by atoms with van der Waals surface area (Å²) in [6.45, 7) is 2.13. The van der Waals surface area contributed by atoms with E-state index in [2.05, 4.69) is 537 Å². The minimum absolute atomic E-state index is 0.848. The molecule has 21 aromatic rings. The number of ether oxygens (including phenoxy) is 2. The molecule has 0 N–H and O–H groups in total. The first-order valence-electron chi connectivity index (χ1n) is 45.5. The Morgan fingerprint density at radius 1 is 0.157 bits per heavy atom. The Bertz CT molecular complexity index is 7530. The van der Waals surface area contributed by atoms with E-state index < -0.39 is 0 Å². The molecule has 648 valence electrons. The first-order valence-corrected chi connectivity index (χ1v) is 45.5. The molecule has 0 saturated heterocycles. The molecule has 0 fully saturated rings. The summed E-state index contributed by atoms with van der Waals surface area (Å²) < 4.78 is 10.7. The second-order valence-electron chi connectivity index (χ2n) is 33.4. The van der Waals surface area contributed by atoms with E-state index in [1.807, 2.05) is 30.3 Å². The van der Waals surface area contributed by atoms with Gasteiger partial charge in [-0.05, 0) is 271 Å². The number of hydrogen-bond acceptors (Lipinski definition) is 8. The Kier molecular flexibility index (Phi) is 25.9. The van der Waals surface area contributed by atoms with E-state index in [0.717, 1.165) is 91.1 Å². The molecule has 0 amide bonds. The van der Waals surface area contributed by atoms with Gasteiger partial charge in [0.25, 0.3) is 0 Å². The molecule has 0 unspecified atom stereocenters. The molecular formula is C126H102N6O2. The minimum atomic E-state index is 0.848. The van der Waals surface area contributed by atoms with E-state index in [0.29, 0.717) is 0 Å². The quantitative estimate of drug-likeness (QED) is 0.0627. The number of anilines is 15. The third kappa shape index (κ3) is 19.3. The van der Waals surface area contributed by atoms with Crippen molar-refractivity contribution in [2.24, 2.45) is 0 Å². The van der Waals surface area contributed by atoms with Crippen LogP contribution in [-0.2, 0) is 0 Å². The van der Waals surface area contributed by atoms with Gasteiger partial charge in [-0.15, -0.1) is 0 Å². The highest BCUT2D eigenvalue weighted by Gasteiger charge is 2.22. The summed E-state index contributed by atoms with van der Waals surface area (Å²) in [5.41, 5.74) is 32.4. The predicted octanol–water partition coefficient (Wildman–Crippen LogP) is 34.6. The molecular weight excluding hydrogens is 1630 g/mol. The number of benzene rings is 21. The molecule has 8 nitrogen and oxygen atoms in total. The van der Waals surface area contributed by atoms with Crippen molar-refractivity contribution in [1.82, 2.24) is 0 Å². The van der Waals surface area contributed by atoms with E-state index in [1.54, 1.807) is 14.2 Å². The minimum Gasteiger partial charge on any atom is -0.497 e. The lowest BCUT2D eigenvalue weighted by Crippen LogP contribution is -2.10. The van der Waals surface area contributed by atoms with E-state index in [4.69, 9.17) is 9.47 Å². The average molecular weight is 1730 g/mol. The molecule has 0 spiro atoms. The zero-order valence-corrected chi connectivity index (χ0v) is 76.0. The van der Waals surface area contributed by atoms with Crippen LogP contribution >= 0.6 is 0 Å². The van der Waals surface area contributed by atoms with Crippen molar-refractivity contribution in [3.63, 3.8) is 0 Å².